The smallest absolute Gasteiger partial charge is 0.243 e. The van der Waals surface area contributed by atoms with Crippen molar-refractivity contribution in [2.45, 2.75) is 31.7 Å². The Bertz CT molecular complexity index is 1050. The summed E-state index contributed by atoms with van der Waals surface area (Å²) in [5, 5.41) is 2.73. The summed E-state index contributed by atoms with van der Waals surface area (Å²) < 4.78 is 41.5. The molecular formula is C23H31FN4O3S. The molecule has 32 heavy (non-hydrogen) atoms. The molecule has 3 rings (SSSR count). The fraction of sp³-hybridized carbons (Fsp3) is 0.435. The summed E-state index contributed by atoms with van der Waals surface area (Å²) in [5.74, 6) is -0.655. The Hall–Kier alpha value is -2.49. The van der Waals surface area contributed by atoms with Crippen LogP contribution < -0.4 is 10.2 Å². The summed E-state index contributed by atoms with van der Waals surface area (Å²) in [6, 6.07) is 11.6. The third-order valence-electron chi connectivity index (χ3n) is 5.74. The Labute approximate surface area is 189 Å². The van der Waals surface area contributed by atoms with Crippen LogP contribution in [0.4, 0.5) is 15.8 Å². The highest BCUT2D eigenvalue weighted by Gasteiger charge is 2.29. The largest absolute Gasteiger partial charge is 0.370 e. The Morgan fingerprint density at radius 3 is 2.28 bits per heavy atom. The second-order valence-corrected chi connectivity index (χ2v) is 10.4. The summed E-state index contributed by atoms with van der Waals surface area (Å²) in [6.07, 6.45) is 0. The average Bonchev–Trinajstić information content (AvgIpc) is 2.74. The number of amides is 1. The van der Waals surface area contributed by atoms with Gasteiger partial charge in [0.05, 0.1) is 17.1 Å². The monoisotopic (exact) mass is 462 g/mol. The van der Waals surface area contributed by atoms with Gasteiger partial charge in [-0.15, -0.1) is 0 Å². The molecule has 0 bridgehead atoms. The third-order valence-corrected chi connectivity index (χ3v) is 7.66. The highest BCUT2D eigenvalue weighted by atomic mass is 32.2. The highest BCUT2D eigenvalue weighted by molar-refractivity contribution is 7.89. The number of anilines is 2. The van der Waals surface area contributed by atoms with E-state index in [-0.39, 0.29) is 23.4 Å². The zero-order valence-corrected chi connectivity index (χ0v) is 19.8. The molecule has 1 amide bonds. The van der Waals surface area contributed by atoms with E-state index < -0.39 is 15.8 Å². The van der Waals surface area contributed by atoms with E-state index >= 15 is 0 Å². The third kappa shape index (κ3) is 5.65. The van der Waals surface area contributed by atoms with Gasteiger partial charge in [0.25, 0.3) is 0 Å². The minimum atomic E-state index is -3.54. The van der Waals surface area contributed by atoms with Gasteiger partial charge >= 0.3 is 0 Å². The molecule has 2 aromatic carbocycles. The molecule has 1 heterocycles. The van der Waals surface area contributed by atoms with Crippen LogP contribution in [0.25, 0.3) is 0 Å². The SMILES string of the molecule is Cc1ccc(S(=O)(=O)N2CCN(CC(=O)Nc3ccc(N(C)C(C)C)c(F)c3)CC2)cc1. The van der Waals surface area contributed by atoms with Gasteiger partial charge in [0.15, 0.2) is 0 Å². The highest BCUT2D eigenvalue weighted by Crippen LogP contribution is 2.23. The first-order valence-corrected chi connectivity index (χ1v) is 12.1. The van der Waals surface area contributed by atoms with Crippen LogP contribution in [0.2, 0.25) is 0 Å². The number of hydrogen-bond donors (Lipinski definition) is 1. The molecule has 1 aliphatic rings. The number of halogens is 1. The Kier molecular flexibility index (Phi) is 7.53. The summed E-state index contributed by atoms with van der Waals surface area (Å²) in [7, 11) is -1.72. The zero-order chi connectivity index (χ0) is 23.5. The lowest BCUT2D eigenvalue weighted by Gasteiger charge is -2.33. The second-order valence-electron chi connectivity index (χ2n) is 8.41. The fourth-order valence-corrected chi connectivity index (χ4v) is 4.96. The van der Waals surface area contributed by atoms with E-state index in [1.807, 2.05) is 37.6 Å². The van der Waals surface area contributed by atoms with Crippen molar-refractivity contribution in [1.29, 1.82) is 0 Å². The Balaban J connectivity index is 1.53. The van der Waals surface area contributed by atoms with Gasteiger partial charge < -0.3 is 10.2 Å². The second kappa shape index (κ2) is 9.97. The number of aryl methyl sites for hydroxylation is 1. The number of carbonyl (C=O) groups is 1. The number of nitrogens with zero attached hydrogens (tertiary/aromatic N) is 3. The first kappa shape index (κ1) is 24.2. The molecule has 0 radical (unpaired) electrons. The van der Waals surface area contributed by atoms with Crippen molar-refractivity contribution in [2.24, 2.45) is 0 Å². The van der Waals surface area contributed by atoms with Gasteiger partial charge in [-0.1, -0.05) is 17.7 Å². The van der Waals surface area contributed by atoms with Gasteiger partial charge in [0.1, 0.15) is 5.82 Å². The predicted molar refractivity (Wildman–Crippen MR) is 125 cm³/mol. The van der Waals surface area contributed by atoms with Crippen molar-refractivity contribution in [3.05, 3.63) is 53.8 Å². The van der Waals surface area contributed by atoms with E-state index in [1.54, 1.807) is 36.4 Å². The molecule has 0 spiro atoms. The van der Waals surface area contributed by atoms with E-state index in [0.717, 1.165) is 5.56 Å². The number of piperazine rings is 1. The quantitative estimate of drug-likeness (QED) is 0.685. The Morgan fingerprint density at radius 2 is 1.72 bits per heavy atom. The van der Waals surface area contributed by atoms with Crippen molar-refractivity contribution < 1.29 is 17.6 Å². The van der Waals surface area contributed by atoms with Crippen LogP contribution in [0.5, 0.6) is 0 Å². The Morgan fingerprint density at radius 1 is 1.09 bits per heavy atom. The van der Waals surface area contributed by atoms with Crippen LogP contribution >= 0.6 is 0 Å². The van der Waals surface area contributed by atoms with Gasteiger partial charge in [0, 0.05) is 45.0 Å². The first-order chi connectivity index (χ1) is 15.1. The van der Waals surface area contributed by atoms with E-state index in [0.29, 0.717) is 37.6 Å². The lowest BCUT2D eigenvalue weighted by atomic mass is 10.2. The van der Waals surface area contributed by atoms with Crippen LogP contribution in [0.3, 0.4) is 0 Å². The standard InChI is InChI=1S/C23H31FN4O3S/c1-17(2)26(4)22-10-7-19(15-21(22)24)25-23(29)16-27-11-13-28(14-12-27)32(30,31)20-8-5-18(3)6-9-20/h5-10,15,17H,11-14,16H2,1-4H3,(H,25,29). The van der Waals surface area contributed by atoms with Gasteiger partial charge in [-0.05, 0) is 51.1 Å². The maximum atomic E-state index is 14.4. The van der Waals surface area contributed by atoms with Crippen LogP contribution in [-0.4, -0.2) is 69.3 Å². The molecule has 1 fully saturated rings. The van der Waals surface area contributed by atoms with E-state index in [4.69, 9.17) is 0 Å². The van der Waals surface area contributed by atoms with Crippen molar-refractivity contribution in [1.82, 2.24) is 9.21 Å². The van der Waals surface area contributed by atoms with Gasteiger partial charge in [-0.3, -0.25) is 9.69 Å². The molecule has 9 heteroatoms. The molecule has 0 aromatic heterocycles. The summed E-state index contributed by atoms with van der Waals surface area (Å²) in [6.45, 7) is 7.50. The maximum Gasteiger partial charge on any atom is 0.243 e. The maximum absolute atomic E-state index is 14.4. The molecule has 7 nitrogen and oxygen atoms in total. The van der Waals surface area contributed by atoms with Crippen LogP contribution in [-0.2, 0) is 14.8 Å². The zero-order valence-electron chi connectivity index (χ0n) is 19.0. The number of sulfonamides is 1. The normalized spacial score (nSPS) is 15.7. The van der Waals surface area contributed by atoms with E-state index in [9.17, 15) is 17.6 Å². The minimum Gasteiger partial charge on any atom is -0.370 e. The molecular weight excluding hydrogens is 431 g/mol. The molecule has 2 aromatic rings. The molecule has 1 aliphatic heterocycles. The van der Waals surface area contributed by atoms with E-state index in [2.05, 4.69) is 5.32 Å². The van der Waals surface area contributed by atoms with Crippen molar-refractivity contribution in [3.63, 3.8) is 0 Å². The predicted octanol–water partition coefficient (Wildman–Crippen LogP) is 2.92. The first-order valence-electron chi connectivity index (χ1n) is 10.7. The number of carbonyl (C=O) groups excluding carboxylic acids is 1. The molecule has 0 saturated carbocycles. The average molecular weight is 463 g/mol. The minimum absolute atomic E-state index is 0.119. The van der Waals surface area contributed by atoms with Gasteiger partial charge in [0.2, 0.25) is 15.9 Å². The number of hydrogen-bond acceptors (Lipinski definition) is 5. The van der Waals surface area contributed by atoms with Crippen molar-refractivity contribution >= 4 is 27.3 Å². The molecule has 174 valence electrons. The van der Waals surface area contributed by atoms with Crippen LogP contribution in [0.15, 0.2) is 47.4 Å². The van der Waals surface area contributed by atoms with Crippen LogP contribution in [0, 0.1) is 12.7 Å². The summed E-state index contributed by atoms with van der Waals surface area (Å²) in [5.41, 5.74) is 1.87. The topological polar surface area (TPSA) is 73.0 Å². The summed E-state index contributed by atoms with van der Waals surface area (Å²) in [4.78, 5) is 16.4. The van der Waals surface area contributed by atoms with Crippen molar-refractivity contribution in [2.75, 3.05) is 50.0 Å². The lowest BCUT2D eigenvalue weighted by molar-refractivity contribution is -0.117. The van der Waals surface area contributed by atoms with Crippen LogP contribution in [0.1, 0.15) is 19.4 Å². The number of benzene rings is 2. The molecule has 0 unspecified atom stereocenters. The van der Waals surface area contributed by atoms with Crippen molar-refractivity contribution in [3.8, 4) is 0 Å². The number of nitrogens with one attached hydrogen (secondary N) is 1. The number of rotatable bonds is 7. The molecule has 0 atom stereocenters. The van der Waals surface area contributed by atoms with Gasteiger partial charge in [-0.25, -0.2) is 12.8 Å². The molecule has 1 N–H and O–H groups in total. The fourth-order valence-electron chi connectivity index (χ4n) is 3.54. The van der Waals surface area contributed by atoms with Gasteiger partial charge in [-0.2, -0.15) is 4.31 Å². The van der Waals surface area contributed by atoms with E-state index in [1.165, 1.54) is 10.4 Å². The summed E-state index contributed by atoms with van der Waals surface area (Å²) >= 11 is 0. The molecule has 0 aliphatic carbocycles. The lowest BCUT2D eigenvalue weighted by Crippen LogP contribution is -2.50. The molecule has 1 saturated heterocycles.